The number of halogens is 1. The summed E-state index contributed by atoms with van der Waals surface area (Å²) >= 11 is 1.97. The molecule has 12 heavy (non-hydrogen) atoms. The van der Waals surface area contributed by atoms with Crippen molar-refractivity contribution in [1.29, 1.82) is 0 Å². The number of nitro benzene ring substituents is 1. The molecule has 1 aromatic rings. The van der Waals surface area contributed by atoms with E-state index in [1.54, 1.807) is 6.07 Å². The topological polar surface area (TPSA) is 63.4 Å². The van der Waals surface area contributed by atoms with Crippen molar-refractivity contribution >= 4 is 28.3 Å². The fourth-order valence-electron chi connectivity index (χ4n) is 0.830. The van der Waals surface area contributed by atoms with Crippen molar-refractivity contribution in [2.45, 2.75) is 6.61 Å². The van der Waals surface area contributed by atoms with Gasteiger partial charge in [-0.3, -0.25) is 10.1 Å². The molecule has 5 heteroatoms. The molecule has 0 bridgehead atoms. The minimum Gasteiger partial charge on any atom is -0.392 e. The van der Waals surface area contributed by atoms with Crippen LogP contribution in [0.25, 0.3) is 0 Å². The number of hydrogen-bond acceptors (Lipinski definition) is 3. The average Bonchev–Trinajstić information content (AvgIpc) is 2.03. The third-order valence-corrected chi connectivity index (χ3v) is 1.96. The molecule has 0 saturated heterocycles. The smallest absolute Gasteiger partial charge is 0.270 e. The van der Waals surface area contributed by atoms with Gasteiger partial charge in [-0.1, -0.05) is 0 Å². The maximum Gasteiger partial charge on any atom is 0.270 e. The first-order valence-corrected chi connectivity index (χ1v) is 4.26. The molecule has 64 valence electrons. The van der Waals surface area contributed by atoms with Crippen molar-refractivity contribution in [3.63, 3.8) is 0 Å². The number of aliphatic hydroxyl groups is 1. The van der Waals surface area contributed by atoms with Gasteiger partial charge in [0.15, 0.2) is 0 Å². The van der Waals surface area contributed by atoms with Crippen molar-refractivity contribution in [2.24, 2.45) is 0 Å². The molecule has 0 aliphatic heterocycles. The van der Waals surface area contributed by atoms with Gasteiger partial charge in [0.05, 0.1) is 11.5 Å². The molecule has 1 N–H and O–H groups in total. The van der Waals surface area contributed by atoms with Gasteiger partial charge >= 0.3 is 0 Å². The summed E-state index contributed by atoms with van der Waals surface area (Å²) in [4.78, 5) is 9.87. The van der Waals surface area contributed by atoms with Crippen LogP contribution < -0.4 is 0 Å². The van der Waals surface area contributed by atoms with Crippen molar-refractivity contribution < 1.29 is 10.0 Å². The lowest BCUT2D eigenvalue weighted by atomic mass is 10.2. The van der Waals surface area contributed by atoms with Gasteiger partial charge in [0.1, 0.15) is 0 Å². The van der Waals surface area contributed by atoms with E-state index in [9.17, 15) is 10.1 Å². The lowest BCUT2D eigenvalue weighted by Crippen LogP contribution is -1.91. The number of benzene rings is 1. The van der Waals surface area contributed by atoms with Crippen LogP contribution in [0.2, 0.25) is 0 Å². The first-order chi connectivity index (χ1) is 5.63. The van der Waals surface area contributed by atoms with Crippen LogP contribution in [0.15, 0.2) is 18.2 Å². The Morgan fingerprint density at radius 1 is 1.50 bits per heavy atom. The lowest BCUT2D eigenvalue weighted by molar-refractivity contribution is -0.385. The highest BCUT2D eigenvalue weighted by Gasteiger charge is 2.07. The van der Waals surface area contributed by atoms with Crippen molar-refractivity contribution in [1.82, 2.24) is 0 Å². The minimum absolute atomic E-state index is 0.0194. The van der Waals surface area contributed by atoms with E-state index < -0.39 is 4.92 Å². The average molecular weight is 279 g/mol. The first kappa shape index (κ1) is 9.40. The molecule has 0 amide bonds. The number of nitrogens with zero attached hydrogens (tertiary/aromatic N) is 1. The molecule has 0 aromatic heterocycles. The molecule has 0 aliphatic carbocycles. The minimum atomic E-state index is -0.471. The fraction of sp³-hybridized carbons (Fsp3) is 0.143. The number of rotatable bonds is 2. The number of nitro groups is 1. The molecule has 0 fully saturated rings. The van der Waals surface area contributed by atoms with Crippen molar-refractivity contribution in [2.75, 3.05) is 0 Å². The van der Waals surface area contributed by atoms with E-state index in [0.29, 0.717) is 5.56 Å². The number of aliphatic hydroxyl groups excluding tert-OH is 1. The summed E-state index contributed by atoms with van der Waals surface area (Å²) in [6.45, 7) is -0.169. The standard InChI is InChI=1S/C7H6INO3/c8-6-1-5(4-10)2-7(3-6)9(11)12/h1-3,10H,4H2. The van der Waals surface area contributed by atoms with Gasteiger partial charge in [-0.2, -0.15) is 0 Å². The first-order valence-electron chi connectivity index (χ1n) is 3.18. The van der Waals surface area contributed by atoms with Crippen LogP contribution in [0, 0.1) is 13.7 Å². The molecule has 0 spiro atoms. The Kier molecular flexibility index (Phi) is 2.99. The van der Waals surface area contributed by atoms with Gasteiger partial charge in [-0.15, -0.1) is 0 Å². The van der Waals surface area contributed by atoms with E-state index in [1.165, 1.54) is 12.1 Å². The van der Waals surface area contributed by atoms with Crippen LogP contribution in [-0.2, 0) is 6.61 Å². The van der Waals surface area contributed by atoms with Crippen LogP contribution in [0.4, 0.5) is 5.69 Å². The van der Waals surface area contributed by atoms with Crippen LogP contribution in [-0.4, -0.2) is 10.0 Å². The molecule has 4 nitrogen and oxygen atoms in total. The molecule has 0 heterocycles. The zero-order valence-electron chi connectivity index (χ0n) is 6.03. The van der Waals surface area contributed by atoms with Crippen LogP contribution in [0.3, 0.4) is 0 Å². The Labute approximate surface area is 82.5 Å². The number of hydrogen-bond donors (Lipinski definition) is 1. The maximum absolute atomic E-state index is 10.3. The fourth-order valence-corrected chi connectivity index (χ4v) is 1.55. The highest BCUT2D eigenvalue weighted by molar-refractivity contribution is 14.1. The summed E-state index contributed by atoms with van der Waals surface area (Å²) in [5, 5.41) is 19.1. The Hall–Kier alpha value is -0.690. The zero-order chi connectivity index (χ0) is 9.14. The summed E-state index contributed by atoms with van der Waals surface area (Å²) in [5.74, 6) is 0. The molecule has 0 aliphatic rings. The normalized spacial score (nSPS) is 9.83. The van der Waals surface area contributed by atoms with Crippen molar-refractivity contribution in [3.05, 3.63) is 37.4 Å². The van der Waals surface area contributed by atoms with E-state index in [0.717, 1.165) is 3.57 Å². The van der Waals surface area contributed by atoms with Gasteiger partial charge in [0, 0.05) is 15.7 Å². The lowest BCUT2D eigenvalue weighted by Gasteiger charge is -1.97. The molecule has 0 radical (unpaired) electrons. The molecule has 0 saturated carbocycles. The van der Waals surface area contributed by atoms with E-state index in [-0.39, 0.29) is 12.3 Å². The van der Waals surface area contributed by atoms with Gasteiger partial charge in [-0.05, 0) is 34.2 Å². The van der Waals surface area contributed by atoms with E-state index in [4.69, 9.17) is 5.11 Å². The predicted molar refractivity (Wildman–Crippen MR) is 51.7 cm³/mol. The number of non-ortho nitro benzene ring substituents is 1. The molecular weight excluding hydrogens is 273 g/mol. The molecule has 0 atom stereocenters. The monoisotopic (exact) mass is 279 g/mol. The second kappa shape index (κ2) is 3.81. The third kappa shape index (κ3) is 2.15. The Balaban J connectivity index is 3.15. The maximum atomic E-state index is 10.3. The van der Waals surface area contributed by atoms with Crippen LogP contribution in [0.1, 0.15) is 5.56 Å². The third-order valence-electron chi connectivity index (χ3n) is 1.34. The second-order valence-electron chi connectivity index (χ2n) is 2.23. The van der Waals surface area contributed by atoms with E-state index in [2.05, 4.69) is 0 Å². The molecule has 1 rings (SSSR count). The van der Waals surface area contributed by atoms with Gasteiger partial charge in [0.25, 0.3) is 5.69 Å². The molecular formula is C7H6INO3. The zero-order valence-corrected chi connectivity index (χ0v) is 8.19. The summed E-state index contributed by atoms with van der Waals surface area (Å²) in [7, 11) is 0. The summed E-state index contributed by atoms with van der Waals surface area (Å²) in [6.07, 6.45) is 0. The van der Waals surface area contributed by atoms with E-state index in [1.807, 2.05) is 22.6 Å². The largest absolute Gasteiger partial charge is 0.392 e. The van der Waals surface area contributed by atoms with Gasteiger partial charge < -0.3 is 5.11 Å². The Bertz CT molecular complexity index is 314. The Morgan fingerprint density at radius 3 is 2.67 bits per heavy atom. The quantitative estimate of drug-likeness (QED) is 0.509. The van der Waals surface area contributed by atoms with Crippen LogP contribution >= 0.6 is 22.6 Å². The summed E-state index contributed by atoms with van der Waals surface area (Å²) < 4.78 is 0.755. The Morgan fingerprint density at radius 2 is 2.17 bits per heavy atom. The van der Waals surface area contributed by atoms with Crippen LogP contribution in [0.5, 0.6) is 0 Å². The second-order valence-corrected chi connectivity index (χ2v) is 3.48. The SMILES string of the molecule is O=[N+]([O-])c1cc(I)cc(CO)c1. The van der Waals surface area contributed by atoms with E-state index >= 15 is 0 Å². The van der Waals surface area contributed by atoms with Gasteiger partial charge in [0.2, 0.25) is 0 Å². The summed E-state index contributed by atoms with van der Waals surface area (Å²) in [5.41, 5.74) is 0.583. The summed E-state index contributed by atoms with van der Waals surface area (Å²) in [6, 6.07) is 4.52. The molecule has 0 unspecified atom stereocenters. The highest BCUT2D eigenvalue weighted by atomic mass is 127. The van der Waals surface area contributed by atoms with Gasteiger partial charge in [-0.25, -0.2) is 0 Å². The highest BCUT2D eigenvalue weighted by Crippen LogP contribution is 2.18. The van der Waals surface area contributed by atoms with Crippen molar-refractivity contribution in [3.8, 4) is 0 Å². The predicted octanol–water partition coefficient (Wildman–Crippen LogP) is 1.69. The molecule has 1 aromatic carbocycles.